The van der Waals surface area contributed by atoms with E-state index in [9.17, 15) is 0 Å². The zero-order valence-electron chi connectivity index (χ0n) is 7.32. The fraction of sp³-hybridized carbons (Fsp3) is 0.750. The number of rotatable bonds is 3. The van der Waals surface area contributed by atoms with Crippen LogP contribution in [0.3, 0.4) is 0 Å². The Hall–Kier alpha value is -0.900. The van der Waals surface area contributed by atoms with E-state index in [2.05, 4.69) is 20.1 Å². The molecule has 1 saturated carbocycles. The molecule has 0 radical (unpaired) electrons. The van der Waals surface area contributed by atoms with Crippen LogP contribution in [0.15, 0.2) is 6.33 Å². The highest BCUT2D eigenvalue weighted by atomic mass is 15.3. The van der Waals surface area contributed by atoms with Crippen LogP contribution in [0.25, 0.3) is 0 Å². The van der Waals surface area contributed by atoms with Crippen LogP contribution in [-0.4, -0.2) is 21.8 Å². The van der Waals surface area contributed by atoms with Crippen LogP contribution in [0.1, 0.15) is 31.1 Å². The quantitative estimate of drug-likeness (QED) is 0.719. The van der Waals surface area contributed by atoms with Gasteiger partial charge in [-0.1, -0.05) is 0 Å². The minimum absolute atomic E-state index is 0.670. The highest BCUT2D eigenvalue weighted by Crippen LogP contribution is 2.31. The van der Waals surface area contributed by atoms with Crippen molar-refractivity contribution in [2.75, 3.05) is 7.05 Å². The van der Waals surface area contributed by atoms with Gasteiger partial charge in [0.05, 0.1) is 6.54 Å². The first kappa shape index (κ1) is 7.73. The molecule has 4 nitrogen and oxygen atoms in total. The second-order valence-corrected chi connectivity index (χ2v) is 3.27. The smallest absolute Gasteiger partial charge is 0.147 e. The molecule has 1 N–H and O–H groups in total. The molecule has 0 saturated heterocycles. The number of hydrogen-bond acceptors (Lipinski definition) is 3. The van der Waals surface area contributed by atoms with Crippen LogP contribution in [0.2, 0.25) is 0 Å². The molecular weight excluding hydrogens is 152 g/mol. The molecular formula is C8H14N4. The molecule has 2 rings (SSSR count). The summed E-state index contributed by atoms with van der Waals surface area (Å²) in [4.78, 5) is 0. The number of hydrogen-bond donors (Lipinski definition) is 1. The summed E-state index contributed by atoms with van der Waals surface area (Å²) in [5.41, 5.74) is 0. The highest BCUT2D eigenvalue weighted by Gasteiger charge is 2.21. The van der Waals surface area contributed by atoms with Crippen molar-refractivity contribution in [3.05, 3.63) is 12.2 Å². The maximum absolute atomic E-state index is 4.06. The van der Waals surface area contributed by atoms with Crippen molar-refractivity contribution in [1.82, 2.24) is 20.1 Å². The maximum Gasteiger partial charge on any atom is 0.147 e. The first-order chi connectivity index (χ1) is 5.92. The van der Waals surface area contributed by atoms with Crippen molar-refractivity contribution in [2.45, 2.75) is 31.8 Å². The van der Waals surface area contributed by atoms with E-state index in [0.29, 0.717) is 6.04 Å². The molecule has 1 aliphatic carbocycles. The minimum Gasteiger partial charge on any atom is -0.313 e. The van der Waals surface area contributed by atoms with Crippen molar-refractivity contribution < 1.29 is 0 Å². The lowest BCUT2D eigenvalue weighted by molar-refractivity contribution is 0.304. The standard InChI is InChI=1S/C8H14N4/c1-9-5-8-11-10-6-12(8)7-3-2-4-7/h6-7,9H,2-5H2,1H3. The minimum atomic E-state index is 0.670. The van der Waals surface area contributed by atoms with Gasteiger partial charge in [0.1, 0.15) is 12.2 Å². The molecule has 1 fully saturated rings. The van der Waals surface area contributed by atoms with Crippen molar-refractivity contribution >= 4 is 0 Å². The van der Waals surface area contributed by atoms with Crippen molar-refractivity contribution in [3.8, 4) is 0 Å². The number of nitrogens with zero attached hydrogens (tertiary/aromatic N) is 3. The summed E-state index contributed by atoms with van der Waals surface area (Å²) < 4.78 is 2.19. The molecule has 1 aromatic rings. The van der Waals surface area contributed by atoms with Crippen LogP contribution in [0, 0.1) is 0 Å². The Morgan fingerprint density at radius 2 is 2.50 bits per heavy atom. The Morgan fingerprint density at radius 3 is 3.08 bits per heavy atom. The molecule has 0 atom stereocenters. The molecule has 0 bridgehead atoms. The van der Waals surface area contributed by atoms with E-state index in [1.165, 1.54) is 19.3 Å². The predicted molar refractivity (Wildman–Crippen MR) is 45.7 cm³/mol. The van der Waals surface area contributed by atoms with Gasteiger partial charge in [-0.15, -0.1) is 10.2 Å². The second-order valence-electron chi connectivity index (χ2n) is 3.27. The van der Waals surface area contributed by atoms with Crippen molar-refractivity contribution in [2.24, 2.45) is 0 Å². The summed E-state index contributed by atoms with van der Waals surface area (Å²) in [6, 6.07) is 0.670. The molecule has 0 aliphatic heterocycles. The van der Waals surface area contributed by atoms with Gasteiger partial charge < -0.3 is 9.88 Å². The van der Waals surface area contributed by atoms with Crippen LogP contribution in [-0.2, 0) is 6.54 Å². The van der Waals surface area contributed by atoms with Crippen LogP contribution >= 0.6 is 0 Å². The third-order valence-electron chi connectivity index (χ3n) is 2.45. The average molecular weight is 166 g/mol. The van der Waals surface area contributed by atoms with E-state index >= 15 is 0 Å². The zero-order valence-corrected chi connectivity index (χ0v) is 7.32. The molecule has 4 heteroatoms. The van der Waals surface area contributed by atoms with Crippen LogP contribution in [0.4, 0.5) is 0 Å². The molecule has 0 unspecified atom stereocenters. The summed E-state index contributed by atoms with van der Waals surface area (Å²) in [7, 11) is 1.93. The monoisotopic (exact) mass is 166 g/mol. The summed E-state index contributed by atoms with van der Waals surface area (Å²) in [6.45, 7) is 0.816. The SMILES string of the molecule is CNCc1nncn1C1CCC1. The fourth-order valence-electron chi connectivity index (χ4n) is 1.52. The predicted octanol–water partition coefficient (Wildman–Crippen LogP) is 0.722. The summed E-state index contributed by atoms with van der Waals surface area (Å²) in [5, 5.41) is 11.1. The first-order valence-electron chi connectivity index (χ1n) is 4.45. The third kappa shape index (κ3) is 1.22. The van der Waals surface area contributed by atoms with Crippen LogP contribution < -0.4 is 5.32 Å². The third-order valence-corrected chi connectivity index (χ3v) is 2.45. The molecule has 66 valence electrons. The summed E-state index contributed by atoms with van der Waals surface area (Å²) in [5.74, 6) is 1.06. The van der Waals surface area contributed by atoms with Gasteiger partial charge in [0, 0.05) is 6.04 Å². The van der Waals surface area contributed by atoms with Crippen molar-refractivity contribution in [1.29, 1.82) is 0 Å². The molecule has 0 amide bonds. The first-order valence-corrected chi connectivity index (χ1v) is 4.45. The lowest BCUT2D eigenvalue weighted by Crippen LogP contribution is -2.21. The van der Waals surface area contributed by atoms with Gasteiger partial charge >= 0.3 is 0 Å². The fourth-order valence-corrected chi connectivity index (χ4v) is 1.52. The molecule has 12 heavy (non-hydrogen) atoms. The van der Waals surface area contributed by atoms with Gasteiger partial charge in [-0.3, -0.25) is 0 Å². The topological polar surface area (TPSA) is 42.7 Å². The molecule has 0 spiro atoms. The lowest BCUT2D eigenvalue weighted by Gasteiger charge is -2.27. The Kier molecular flexibility index (Phi) is 2.08. The van der Waals surface area contributed by atoms with E-state index in [4.69, 9.17) is 0 Å². The molecule has 1 heterocycles. The van der Waals surface area contributed by atoms with Gasteiger partial charge in [0.15, 0.2) is 0 Å². The van der Waals surface area contributed by atoms with Crippen molar-refractivity contribution in [3.63, 3.8) is 0 Å². The molecule has 0 aromatic carbocycles. The van der Waals surface area contributed by atoms with Crippen LogP contribution in [0.5, 0.6) is 0 Å². The van der Waals surface area contributed by atoms with E-state index < -0.39 is 0 Å². The molecule has 1 aromatic heterocycles. The normalized spacial score (nSPS) is 17.8. The van der Waals surface area contributed by atoms with Gasteiger partial charge in [0.2, 0.25) is 0 Å². The van der Waals surface area contributed by atoms with Gasteiger partial charge in [-0.2, -0.15) is 0 Å². The van der Waals surface area contributed by atoms with E-state index in [1.54, 1.807) is 0 Å². The second kappa shape index (κ2) is 3.23. The molecule has 1 aliphatic rings. The largest absolute Gasteiger partial charge is 0.313 e. The highest BCUT2D eigenvalue weighted by molar-refractivity contribution is 4.91. The lowest BCUT2D eigenvalue weighted by atomic mass is 9.93. The number of aromatic nitrogens is 3. The Labute approximate surface area is 72.0 Å². The summed E-state index contributed by atoms with van der Waals surface area (Å²) in [6.07, 6.45) is 5.77. The Bertz CT molecular complexity index is 251. The Balaban J connectivity index is 2.12. The van der Waals surface area contributed by atoms with Gasteiger partial charge in [-0.05, 0) is 26.3 Å². The average Bonchev–Trinajstić information content (AvgIpc) is 2.35. The van der Waals surface area contributed by atoms with E-state index in [-0.39, 0.29) is 0 Å². The van der Waals surface area contributed by atoms with Gasteiger partial charge in [-0.25, -0.2) is 0 Å². The van der Waals surface area contributed by atoms with E-state index in [0.717, 1.165) is 12.4 Å². The maximum atomic E-state index is 4.06. The summed E-state index contributed by atoms with van der Waals surface area (Å²) >= 11 is 0. The van der Waals surface area contributed by atoms with Gasteiger partial charge in [0.25, 0.3) is 0 Å². The zero-order chi connectivity index (χ0) is 8.39. The number of nitrogens with one attached hydrogen (secondary N) is 1. The Morgan fingerprint density at radius 1 is 1.67 bits per heavy atom. The van der Waals surface area contributed by atoms with E-state index in [1.807, 2.05) is 13.4 Å².